The largest absolute Gasteiger partial charge is 0.396 e. The Hall–Kier alpha value is -0.0800. The summed E-state index contributed by atoms with van der Waals surface area (Å²) in [6, 6.07) is 0. The number of hydrogen-bond donors (Lipinski definition) is 1. The second kappa shape index (κ2) is 4.63. The highest BCUT2D eigenvalue weighted by molar-refractivity contribution is 4.83. The quantitative estimate of drug-likeness (QED) is 0.745. The normalized spacial score (nSPS) is 35.6. The molecule has 2 fully saturated rings. The van der Waals surface area contributed by atoms with E-state index in [9.17, 15) is 0 Å². The van der Waals surface area contributed by atoms with Crippen molar-refractivity contribution in [3.8, 4) is 0 Å². The summed E-state index contributed by atoms with van der Waals surface area (Å²) in [5.41, 5.74) is 0. The summed E-state index contributed by atoms with van der Waals surface area (Å²) >= 11 is 0. The maximum Gasteiger partial charge on any atom is 0.0468 e. The van der Waals surface area contributed by atoms with E-state index in [1.54, 1.807) is 0 Å². The summed E-state index contributed by atoms with van der Waals surface area (Å²) in [7, 11) is 0. The number of aliphatic hydroxyl groups excluding tert-OH is 1. The van der Waals surface area contributed by atoms with Crippen molar-refractivity contribution in [1.29, 1.82) is 0 Å². The Morgan fingerprint density at radius 1 is 1.29 bits per heavy atom. The molecule has 2 bridgehead atoms. The second-order valence-corrected chi connectivity index (χ2v) is 5.40. The first kappa shape index (κ1) is 10.4. The third-order valence-corrected chi connectivity index (χ3v) is 3.81. The lowest BCUT2D eigenvalue weighted by Crippen LogP contribution is -2.44. The Kier molecular flexibility index (Phi) is 3.45. The van der Waals surface area contributed by atoms with Gasteiger partial charge in [-0.1, -0.05) is 13.3 Å². The smallest absolute Gasteiger partial charge is 0.0468 e. The van der Waals surface area contributed by atoms with Crippen molar-refractivity contribution in [2.75, 3.05) is 26.2 Å². The molecule has 3 unspecified atom stereocenters. The number of aliphatic hydroxyl groups is 1. The monoisotopic (exact) mass is 197 g/mol. The van der Waals surface area contributed by atoms with Gasteiger partial charge in [0.05, 0.1) is 0 Å². The molecule has 82 valence electrons. The van der Waals surface area contributed by atoms with Gasteiger partial charge < -0.3 is 10.0 Å². The van der Waals surface area contributed by atoms with E-state index in [1.165, 1.54) is 38.8 Å². The van der Waals surface area contributed by atoms with Crippen LogP contribution < -0.4 is 0 Å². The predicted octanol–water partition coefficient (Wildman–Crippen LogP) is 1.74. The molecule has 0 aromatic heterocycles. The van der Waals surface area contributed by atoms with E-state index in [-0.39, 0.29) is 0 Å². The summed E-state index contributed by atoms with van der Waals surface area (Å²) in [6.07, 6.45) is 5.82. The molecule has 1 aliphatic carbocycles. The van der Waals surface area contributed by atoms with Crippen molar-refractivity contribution in [3.05, 3.63) is 0 Å². The van der Waals surface area contributed by atoms with E-state index in [2.05, 4.69) is 11.8 Å². The van der Waals surface area contributed by atoms with Crippen molar-refractivity contribution in [2.24, 2.45) is 17.8 Å². The van der Waals surface area contributed by atoms with Gasteiger partial charge in [0.25, 0.3) is 0 Å². The van der Waals surface area contributed by atoms with Crippen LogP contribution in [0, 0.1) is 17.8 Å². The Morgan fingerprint density at radius 3 is 2.50 bits per heavy atom. The van der Waals surface area contributed by atoms with E-state index in [0.29, 0.717) is 12.5 Å². The number of rotatable bonds is 3. The Labute approximate surface area is 87.3 Å². The van der Waals surface area contributed by atoms with Gasteiger partial charge in [-0.05, 0) is 37.0 Å². The fourth-order valence-electron chi connectivity index (χ4n) is 3.19. The molecule has 0 radical (unpaired) electrons. The van der Waals surface area contributed by atoms with Crippen LogP contribution in [0.5, 0.6) is 0 Å². The highest BCUT2D eigenvalue weighted by Crippen LogP contribution is 2.34. The molecule has 1 aliphatic heterocycles. The zero-order valence-electron chi connectivity index (χ0n) is 9.28. The van der Waals surface area contributed by atoms with Gasteiger partial charge in [0, 0.05) is 26.2 Å². The Bertz CT molecular complexity index is 168. The van der Waals surface area contributed by atoms with Crippen LogP contribution in [0.15, 0.2) is 0 Å². The van der Waals surface area contributed by atoms with Crippen LogP contribution in [0.4, 0.5) is 0 Å². The molecule has 1 heterocycles. The van der Waals surface area contributed by atoms with Crippen molar-refractivity contribution in [2.45, 2.75) is 32.6 Å². The van der Waals surface area contributed by atoms with Gasteiger partial charge in [-0.3, -0.25) is 0 Å². The van der Waals surface area contributed by atoms with Gasteiger partial charge in [-0.15, -0.1) is 0 Å². The van der Waals surface area contributed by atoms with Crippen LogP contribution in [0.3, 0.4) is 0 Å². The molecule has 3 atom stereocenters. The van der Waals surface area contributed by atoms with Gasteiger partial charge >= 0.3 is 0 Å². The third kappa shape index (κ3) is 2.48. The zero-order chi connectivity index (χ0) is 9.97. The Morgan fingerprint density at radius 2 is 1.93 bits per heavy atom. The van der Waals surface area contributed by atoms with Crippen LogP contribution in [0.1, 0.15) is 32.6 Å². The molecule has 0 aromatic rings. The summed E-state index contributed by atoms with van der Waals surface area (Å²) in [5.74, 6) is 2.38. The topological polar surface area (TPSA) is 23.5 Å². The van der Waals surface area contributed by atoms with Crippen LogP contribution in [-0.2, 0) is 0 Å². The van der Waals surface area contributed by atoms with Crippen molar-refractivity contribution < 1.29 is 5.11 Å². The van der Waals surface area contributed by atoms with Gasteiger partial charge in [0.2, 0.25) is 0 Å². The minimum absolute atomic E-state index is 0.339. The lowest BCUT2D eigenvalue weighted by Gasteiger charge is -2.42. The predicted molar refractivity (Wildman–Crippen MR) is 58.1 cm³/mol. The molecule has 2 nitrogen and oxygen atoms in total. The molecule has 1 N–H and O–H groups in total. The molecule has 2 aliphatic rings. The number of piperidine rings is 1. The summed E-state index contributed by atoms with van der Waals surface area (Å²) < 4.78 is 0. The molecule has 2 rings (SSSR count). The number of hydrogen-bond acceptors (Lipinski definition) is 2. The van der Waals surface area contributed by atoms with Gasteiger partial charge in [0.1, 0.15) is 0 Å². The number of fused-ring (bicyclic) bond motifs is 2. The van der Waals surface area contributed by atoms with Gasteiger partial charge in [0.15, 0.2) is 0 Å². The van der Waals surface area contributed by atoms with Crippen LogP contribution in [0.2, 0.25) is 0 Å². The van der Waals surface area contributed by atoms with Crippen molar-refractivity contribution >= 4 is 0 Å². The summed E-state index contributed by atoms with van der Waals surface area (Å²) in [6.45, 7) is 6.17. The molecular formula is C12H23NO. The molecule has 14 heavy (non-hydrogen) atoms. The molecule has 1 saturated heterocycles. The standard InChI is InChI=1S/C12H23NO/c1-10(9-14)6-13-7-11-3-2-4-12(5-11)8-13/h10-12,14H,2-9H2,1H3. The summed E-state index contributed by atoms with van der Waals surface area (Å²) in [4.78, 5) is 2.58. The van der Waals surface area contributed by atoms with E-state index in [0.717, 1.165) is 18.4 Å². The van der Waals surface area contributed by atoms with Crippen LogP contribution in [0.25, 0.3) is 0 Å². The fraction of sp³-hybridized carbons (Fsp3) is 1.00. The molecule has 1 saturated carbocycles. The highest BCUT2D eigenvalue weighted by Gasteiger charge is 2.30. The zero-order valence-corrected chi connectivity index (χ0v) is 9.28. The van der Waals surface area contributed by atoms with Crippen molar-refractivity contribution in [3.63, 3.8) is 0 Å². The molecule has 0 aromatic carbocycles. The maximum atomic E-state index is 9.04. The molecular weight excluding hydrogens is 174 g/mol. The average molecular weight is 197 g/mol. The summed E-state index contributed by atoms with van der Waals surface area (Å²) in [5, 5.41) is 9.04. The Balaban J connectivity index is 1.83. The van der Waals surface area contributed by atoms with Crippen molar-refractivity contribution in [1.82, 2.24) is 4.90 Å². The maximum absolute atomic E-state index is 9.04. The van der Waals surface area contributed by atoms with E-state index < -0.39 is 0 Å². The van der Waals surface area contributed by atoms with Crippen LogP contribution >= 0.6 is 0 Å². The molecule has 0 amide bonds. The number of nitrogens with zero attached hydrogens (tertiary/aromatic N) is 1. The first-order valence-corrected chi connectivity index (χ1v) is 6.11. The average Bonchev–Trinajstić information content (AvgIpc) is 2.17. The minimum Gasteiger partial charge on any atom is -0.396 e. The first-order valence-electron chi connectivity index (χ1n) is 6.11. The number of likely N-dealkylation sites (tertiary alicyclic amines) is 1. The van der Waals surface area contributed by atoms with E-state index >= 15 is 0 Å². The first-order chi connectivity index (χ1) is 6.78. The molecule has 0 spiro atoms. The third-order valence-electron chi connectivity index (χ3n) is 3.81. The fourth-order valence-corrected chi connectivity index (χ4v) is 3.19. The van der Waals surface area contributed by atoms with E-state index in [1.807, 2.05) is 0 Å². The van der Waals surface area contributed by atoms with Gasteiger partial charge in [-0.25, -0.2) is 0 Å². The SMILES string of the molecule is CC(CO)CN1CC2CCCC(C2)C1. The lowest BCUT2D eigenvalue weighted by atomic mass is 9.78. The second-order valence-electron chi connectivity index (χ2n) is 5.40. The minimum atomic E-state index is 0.339. The van der Waals surface area contributed by atoms with Gasteiger partial charge in [-0.2, -0.15) is 0 Å². The van der Waals surface area contributed by atoms with Crippen LogP contribution in [-0.4, -0.2) is 36.2 Å². The van der Waals surface area contributed by atoms with E-state index in [4.69, 9.17) is 5.11 Å². The lowest BCUT2D eigenvalue weighted by molar-refractivity contribution is 0.0662. The molecule has 2 heteroatoms. The highest BCUT2D eigenvalue weighted by atomic mass is 16.3.